The first-order valence-corrected chi connectivity index (χ1v) is 12.0. The Kier molecular flexibility index (Phi) is 7.29. The van der Waals surface area contributed by atoms with E-state index in [4.69, 9.17) is 4.74 Å². The van der Waals surface area contributed by atoms with Crippen molar-refractivity contribution in [1.82, 2.24) is 25.0 Å². The predicted molar refractivity (Wildman–Crippen MR) is 126 cm³/mol. The van der Waals surface area contributed by atoms with Crippen molar-refractivity contribution in [2.45, 2.75) is 38.1 Å². The van der Waals surface area contributed by atoms with Crippen LogP contribution in [0.2, 0.25) is 0 Å². The standard InChI is InChI=1S/C24H27N5O3S/c1-3-18-9-11-20(12-10-18)32-15-21-26-27-24(29(21)17(2)19-7-5-4-6-8-19)33-16-22(30)28-14-13-25-23(28)31/h4-12,17H,3,13-16H2,1-2H3,(H,25,31). The lowest BCUT2D eigenvalue weighted by Gasteiger charge is -2.19. The fourth-order valence-electron chi connectivity index (χ4n) is 3.66. The Morgan fingerprint density at radius 1 is 1.15 bits per heavy atom. The lowest BCUT2D eigenvalue weighted by molar-refractivity contribution is -0.124. The van der Waals surface area contributed by atoms with Crippen LogP contribution in [0.1, 0.15) is 36.8 Å². The van der Waals surface area contributed by atoms with E-state index in [0.29, 0.717) is 24.1 Å². The summed E-state index contributed by atoms with van der Waals surface area (Å²) in [5, 5.41) is 12.0. The van der Waals surface area contributed by atoms with Crippen molar-refractivity contribution in [1.29, 1.82) is 0 Å². The average molecular weight is 466 g/mol. The molecule has 2 aromatic carbocycles. The Bertz CT molecular complexity index is 1100. The Labute approximate surface area is 197 Å². The molecule has 1 aliphatic heterocycles. The Morgan fingerprint density at radius 3 is 2.58 bits per heavy atom. The van der Waals surface area contributed by atoms with Crippen molar-refractivity contribution < 1.29 is 14.3 Å². The zero-order valence-electron chi connectivity index (χ0n) is 18.7. The number of imide groups is 1. The third kappa shape index (κ3) is 5.36. The molecule has 8 nitrogen and oxygen atoms in total. The van der Waals surface area contributed by atoms with Gasteiger partial charge in [0.15, 0.2) is 11.0 Å². The van der Waals surface area contributed by atoms with Crippen LogP contribution >= 0.6 is 11.8 Å². The number of hydrogen-bond acceptors (Lipinski definition) is 6. The van der Waals surface area contributed by atoms with Crippen molar-refractivity contribution in [3.8, 4) is 5.75 Å². The van der Waals surface area contributed by atoms with Gasteiger partial charge in [-0.25, -0.2) is 4.79 Å². The van der Waals surface area contributed by atoms with Gasteiger partial charge in [-0.05, 0) is 36.6 Å². The van der Waals surface area contributed by atoms with Gasteiger partial charge in [0.05, 0.1) is 11.8 Å². The highest BCUT2D eigenvalue weighted by atomic mass is 32.2. The molecule has 4 rings (SSSR count). The first-order valence-electron chi connectivity index (χ1n) is 11.0. The van der Waals surface area contributed by atoms with E-state index in [2.05, 4.69) is 29.4 Å². The molecule has 3 aromatic rings. The number of aromatic nitrogens is 3. The van der Waals surface area contributed by atoms with E-state index >= 15 is 0 Å². The number of amides is 3. The molecule has 0 aliphatic carbocycles. The summed E-state index contributed by atoms with van der Waals surface area (Å²) in [5.74, 6) is 1.29. The van der Waals surface area contributed by atoms with Gasteiger partial charge in [0.1, 0.15) is 12.4 Å². The fraction of sp³-hybridized carbons (Fsp3) is 0.333. The number of carbonyl (C=O) groups excluding carboxylic acids is 2. The number of carbonyl (C=O) groups is 2. The number of aryl methyl sites for hydroxylation is 1. The van der Waals surface area contributed by atoms with E-state index < -0.39 is 0 Å². The van der Waals surface area contributed by atoms with Crippen LogP contribution < -0.4 is 10.1 Å². The molecule has 1 aliphatic rings. The highest BCUT2D eigenvalue weighted by Gasteiger charge is 2.27. The molecule has 1 unspecified atom stereocenters. The van der Waals surface area contributed by atoms with Crippen molar-refractivity contribution >= 4 is 23.7 Å². The Morgan fingerprint density at radius 2 is 1.91 bits per heavy atom. The number of ether oxygens (including phenoxy) is 1. The van der Waals surface area contributed by atoms with Gasteiger partial charge in [-0.1, -0.05) is 61.2 Å². The molecular formula is C24H27N5O3S. The van der Waals surface area contributed by atoms with E-state index in [1.807, 2.05) is 59.2 Å². The molecule has 3 amide bonds. The molecule has 1 atom stereocenters. The second kappa shape index (κ2) is 10.5. The van der Waals surface area contributed by atoms with Crippen LogP contribution in [0.5, 0.6) is 5.75 Å². The third-order valence-corrected chi connectivity index (χ3v) is 6.51. The Hall–Kier alpha value is -3.33. The van der Waals surface area contributed by atoms with Crippen molar-refractivity contribution in [3.05, 3.63) is 71.5 Å². The number of hydrogen-bond donors (Lipinski definition) is 1. The molecule has 0 spiro atoms. The van der Waals surface area contributed by atoms with Gasteiger partial charge >= 0.3 is 6.03 Å². The molecule has 0 radical (unpaired) electrons. The monoisotopic (exact) mass is 465 g/mol. The summed E-state index contributed by atoms with van der Waals surface area (Å²) in [4.78, 5) is 25.5. The number of nitrogens with one attached hydrogen (secondary N) is 1. The zero-order chi connectivity index (χ0) is 23.2. The van der Waals surface area contributed by atoms with E-state index in [-0.39, 0.29) is 30.3 Å². The molecule has 1 N–H and O–H groups in total. The summed E-state index contributed by atoms with van der Waals surface area (Å²) in [6.07, 6.45) is 0.974. The third-order valence-electron chi connectivity index (χ3n) is 5.59. The lowest BCUT2D eigenvalue weighted by atomic mass is 10.1. The van der Waals surface area contributed by atoms with Crippen molar-refractivity contribution in [2.24, 2.45) is 0 Å². The molecule has 9 heteroatoms. The maximum Gasteiger partial charge on any atom is 0.324 e. The number of benzene rings is 2. The lowest BCUT2D eigenvalue weighted by Crippen LogP contribution is -2.35. The van der Waals surface area contributed by atoms with Gasteiger partial charge < -0.3 is 10.1 Å². The first kappa shape index (κ1) is 22.8. The van der Waals surface area contributed by atoms with E-state index in [1.54, 1.807) is 0 Å². The number of urea groups is 1. The number of rotatable bonds is 9. The summed E-state index contributed by atoms with van der Waals surface area (Å²) >= 11 is 1.28. The van der Waals surface area contributed by atoms with Gasteiger partial charge in [-0.3, -0.25) is 14.3 Å². The largest absolute Gasteiger partial charge is 0.486 e. The Balaban J connectivity index is 1.53. The van der Waals surface area contributed by atoms with E-state index in [1.165, 1.54) is 22.2 Å². The highest BCUT2D eigenvalue weighted by Crippen LogP contribution is 2.27. The van der Waals surface area contributed by atoms with Gasteiger partial charge in [0.25, 0.3) is 0 Å². The fourth-order valence-corrected chi connectivity index (χ4v) is 4.57. The van der Waals surface area contributed by atoms with Crippen molar-refractivity contribution in [3.63, 3.8) is 0 Å². The van der Waals surface area contributed by atoms with Crippen LogP contribution in [0.3, 0.4) is 0 Å². The molecule has 1 saturated heterocycles. The SMILES string of the molecule is CCc1ccc(OCc2nnc(SCC(=O)N3CCNC3=O)n2C(C)c2ccccc2)cc1. The summed E-state index contributed by atoms with van der Waals surface area (Å²) in [6.45, 7) is 5.30. The van der Waals surface area contributed by atoms with Crippen LogP contribution in [-0.2, 0) is 17.8 Å². The first-order chi connectivity index (χ1) is 16.1. The van der Waals surface area contributed by atoms with Crippen LogP contribution in [-0.4, -0.2) is 50.4 Å². The maximum atomic E-state index is 12.5. The summed E-state index contributed by atoms with van der Waals surface area (Å²) in [7, 11) is 0. The second-order valence-corrected chi connectivity index (χ2v) is 8.65. The quantitative estimate of drug-likeness (QED) is 0.485. The predicted octanol–water partition coefficient (Wildman–Crippen LogP) is 3.67. The molecule has 172 valence electrons. The summed E-state index contributed by atoms with van der Waals surface area (Å²) in [5.41, 5.74) is 2.34. The van der Waals surface area contributed by atoms with E-state index in [0.717, 1.165) is 17.7 Å². The highest BCUT2D eigenvalue weighted by molar-refractivity contribution is 7.99. The number of thioether (sulfide) groups is 1. The molecule has 33 heavy (non-hydrogen) atoms. The van der Waals surface area contributed by atoms with Gasteiger partial charge in [-0.2, -0.15) is 0 Å². The maximum absolute atomic E-state index is 12.5. The molecule has 1 aromatic heterocycles. The topological polar surface area (TPSA) is 89.4 Å². The van der Waals surface area contributed by atoms with Crippen LogP contribution in [0, 0.1) is 0 Å². The average Bonchev–Trinajstić information content (AvgIpc) is 3.47. The molecule has 0 bridgehead atoms. The zero-order valence-corrected chi connectivity index (χ0v) is 19.5. The minimum absolute atomic E-state index is 0.0602. The van der Waals surface area contributed by atoms with Crippen LogP contribution in [0.15, 0.2) is 59.8 Å². The molecular weight excluding hydrogens is 438 g/mol. The second-order valence-electron chi connectivity index (χ2n) is 7.71. The van der Waals surface area contributed by atoms with Crippen LogP contribution in [0.4, 0.5) is 4.79 Å². The normalized spacial score (nSPS) is 14.2. The van der Waals surface area contributed by atoms with Gasteiger partial charge in [0, 0.05) is 13.1 Å². The smallest absolute Gasteiger partial charge is 0.324 e. The van der Waals surface area contributed by atoms with Gasteiger partial charge in [0.2, 0.25) is 5.91 Å². The molecule has 0 saturated carbocycles. The van der Waals surface area contributed by atoms with Crippen LogP contribution in [0.25, 0.3) is 0 Å². The summed E-state index contributed by atoms with van der Waals surface area (Å²) in [6, 6.07) is 17.7. The minimum Gasteiger partial charge on any atom is -0.486 e. The minimum atomic E-state index is -0.345. The van der Waals surface area contributed by atoms with Crippen molar-refractivity contribution in [2.75, 3.05) is 18.8 Å². The summed E-state index contributed by atoms with van der Waals surface area (Å²) < 4.78 is 7.99. The van der Waals surface area contributed by atoms with Gasteiger partial charge in [-0.15, -0.1) is 10.2 Å². The molecule has 1 fully saturated rings. The van der Waals surface area contributed by atoms with E-state index in [9.17, 15) is 9.59 Å². The molecule has 2 heterocycles. The number of nitrogens with zero attached hydrogens (tertiary/aromatic N) is 4.